The van der Waals surface area contributed by atoms with Crippen LogP contribution in [0.1, 0.15) is 19.8 Å². The Kier molecular flexibility index (Phi) is 6.06. The number of amides is 3. The van der Waals surface area contributed by atoms with Gasteiger partial charge in [-0.2, -0.15) is 0 Å². The average Bonchev–Trinajstić information content (AvgIpc) is 2.91. The van der Waals surface area contributed by atoms with Crippen LogP contribution >= 0.6 is 0 Å². The van der Waals surface area contributed by atoms with Crippen LogP contribution in [0.2, 0.25) is 0 Å². The highest BCUT2D eigenvalue weighted by Crippen LogP contribution is 2.18. The molecule has 0 aliphatic carbocycles. The zero-order chi connectivity index (χ0) is 16.2. The maximum Gasteiger partial charge on any atom is 0.243 e. The van der Waals surface area contributed by atoms with E-state index in [4.69, 9.17) is 16.6 Å². The van der Waals surface area contributed by atoms with Crippen molar-refractivity contribution in [3.63, 3.8) is 0 Å². The normalized spacial score (nSPS) is 22.5. The zero-order valence-electron chi connectivity index (χ0n) is 11.9. The van der Waals surface area contributed by atoms with Gasteiger partial charge in [0.1, 0.15) is 18.1 Å². The standard InChI is InChI=1S/C12H22N4O5/c1-6(18)9(10(14)19)15-11(20)8-3-2-4-16(8)12(21)7(13)5-17/h6-9,17-18H,2-5,13H2,1H3,(H2,14,19)(H,15,20)/t6?,7?,8-,9?/m0/s1. The van der Waals surface area contributed by atoms with Crippen molar-refractivity contribution in [2.24, 2.45) is 11.5 Å². The highest BCUT2D eigenvalue weighted by Gasteiger charge is 2.37. The van der Waals surface area contributed by atoms with Gasteiger partial charge in [-0.3, -0.25) is 14.4 Å². The molecular formula is C12H22N4O5. The number of primary amides is 1. The Morgan fingerprint density at radius 3 is 2.52 bits per heavy atom. The van der Waals surface area contributed by atoms with Crippen LogP contribution in [-0.2, 0) is 14.4 Å². The maximum absolute atomic E-state index is 12.2. The van der Waals surface area contributed by atoms with E-state index in [0.717, 1.165) is 0 Å². The van der Waals surface area contributed by atoms with Crippen molar-refractivity contribution in [1.82, 2.24) is 10.2 Å². The lowest BCUT2D eigenvalue weighted by atomic mass is 10.1. The second-order valence-electron chi connectivity index (χ2n) is 5.11. The average molecular weight is 302 g/mol. The van der Waals surface area contributed by atoms with E-state index in [2.05, 4.69) is 5.32 Å². The molecule has 3 unspecified atom stereocenters. The number of rotatable bonds is 6. The van der Waals surface area contributed by atoms with Gasteiger partial charge in [-0.1, -0.05) is 0 Å². The summed E-state index contributed by atoms with van der Waals surface area (Å²) < 4.78 is 0. The van der Waals surface area contributed by atoms with E-state index in [1.165, 1.54) is 11.8 Å². The minimum Gasteiger partial charge on any atom is -0.394 e. The highest BCUT2D eigenvalue weighted by atomic mass is 16.3. The molecule has 0 aromatic rings. The van der Waals surface area contributed by atoms with Crippen LogP contribution in [-0.4, -0.2) is 70.2 Å². The summed E-state index contributed by atoms with van der Waals surface area (Å²) in [5.74, 6) is -1.96. The van der Waals surface area contributed by atoms with E-state index >= 15 is 0 Å². The molecule has 7 N–H and O–H groups in total. The Morgan fingerprint density at radius 2 is 2.05 bits per heavy atom. The summed E-state index contributed by atoms with van der Waals surface area (Å²) in [6, 6.07) is -3.08. The first kappa shape index (κ1) is 17.3. The molecule has 1 aliphatic rings. The maximum atomic E-state index is 12.2. The van der Waals surface area contributed by atoms with Crippen LogP contribution in [0.5, 0.6) is 0 Å². The quantitative estimate of drug-likeness (QED) is 0.345. The molecule has 9 heteroatoms. The SMILES string of the molecule is CC(O)C(NC(=O)[C@@H]1CCCN1C(=O)C(N)CO)C(N)=O. The molecule has 9 nitrogen and oxygen atoms in total. The van der Waals surface area contributed by atoms with Gasteiger partial charge in [0.2, 0.25) is 17.7 Å². The summed E-state index contributed by atoms with van der Waals surface area (Å²) in [4.78, 5) is 36.6. The van der Waals surface area contributed by atoms with Crippen molar-refractivity contribution in [2.45, 2.75) is 44.0 Å². The molecule has 0 spiro atoms. The number of aliphatic hydroxyl groups excluding tert-OH is 2. The van der Waals surface area contributed by atoms with E-state index in [-0.39, 0.29) is 0 Å². The van der Waals surface area contributed by atoms with Crippen molar-refractivity contribution in [3.8, 4) is 0 Å². The molecular weight excluding hydrogens is 280 g/mol. The van der Waals surface area contributed by atoms with Crippen molar-refractivity contribution < 1.29 is 24.6 Å². The van der Waals surface area contributed by atoms with Crippen molar-refractivity contribution in [1.29, 1.82) is 0 Å². The van der Waals surface area contributed by atoms with Gasteiger partial charge < -0.3 is 31.9 Å². The fourth-order valence-electron chi connectivity index (χ4n) is 2.27. The monoisotopic (exact) mass is 302 g/mol. The van der Waals surface area contributed by atoms with Crippen molar-refractivity contribution in [3.05, 3.63) is 0 Å². The Morgan fingerprint density at radius 1 is 1.43 bits per heavy atom. The van der Waals surface area contributed by atoms with Crippen LogP contribution in [0, 0.1) is 0 Å². The van der Waals surface area contributed by atoms with E-state index in [1.807, 2.05) is 0 Å². The van der Waals surface area contributed by atoms with Crippen LogP contribution < -0.4 is 16.8 Å². The second-order valence-corrected chi connectivity index (χ2v) is 5.11. The molecule has 4 atom stereocenters. The number of nitrogens with two attached hydrogens (primary N) is 2. The van der Waals surface area contributed by atoms with Gasteiger partial charge in [0.15, 0.2) is 0 Å². The third-order valence-electron chi connectivity index (χ3n) is 3.44. The number of likely N-dealkylation sites (tertiary alicyclic amines) is 1. The predicted molar refractivity (Wildman–Crippen MR) is 72.6 cm³/mol. The number of hydrogen-bond acceptors (Lipinski definition) is 6. The fraction of sp³-hybridized carbons (Fsp3) is 0.750. The van der Waals surface area contributed by atoms with Gasteiger partial charge in [0.05, 0.1) is 12.7 Å². The third kappa shape index (κ3) is 4.13. The number of carbonyl (C=O) groups excluding carboxylic acids is 3. The van der Waals surface area contributed by atoms with Gasteiger partial charge in [0, 0.05) is 6.54 Å². The molecule has 0 aromatic carbocycles. The predicted octanol–water partition coefficient (Wildman–Crippen LogP) is -3.35. The molecule has 3 amide bonds. The van der Waals surface area contributed by atoms with E-state index in [1.54, 1.807) is 0 Å². The number of carbonyl (C=O) groups is 3. The molecule has 0 bridgehead atoms. The van der Waals surface area contributed by atoms with Crippen molar-refractivity contribution >= 4 is 17.7 Å². The largest absolute Gasteiger partial charge is 0.394 e. The number of aliphatic hydroxyl groups is 2. The topological polar surface area (TPSA) is 159 Å². The van der Waals surface area contributed by atoms with Gasteiger partial charge in [-0.15, -0.1) is 0 Å². The molecule has 1 heterocycles. The van der Waals surface area contributed by atoms with Crippen LogP contribution in [0.4, 0.5) is 0 Å². The Labute approximate surface area is 122 Å². The summed E-state index contributed by atoms with van der Waals surface area (Å²) in [6.07, 6.45) is -0.115. The van der Waals surface area contributed by atoms with Crippen molar-refractivity contribution in [2.75, 3.05) is 13.2 Å². The molecule has 0 saturated carbocycles. The smallest absolute Gasteiger partial charge is 0.243 e. The number of nitrogens with zero attached hydrogens (tertiary/aromatic N) is 1. The summed E-state index contributed by atoms with van der Waals surface area (Å²) in [7, 11) is 0. The molecule has 0 aromatic heterocycles. The van der Waals surface area contributed by atoms with E-state index < -0.39 is 48.6 Å². The summed E-state index contributed by atoms with van der Waals surface area (Å²) in [6.45, 7) is 1.16. The number of nitrogens with one attached hydrogen (secondary N) is 1. The lowest BCUT2D eigenvalue weighted by Gasteiger charge is -2.28. The van der Waals surface area contributed by atoms with Gasteiger partial charge in [0.25, 0.3) is 0 Å². The number of hydrogen-bond donors (Lipinski definition) is 5. The summed E-state index contributed by atoms with van der Waals surface area (Å²) in [5, 5.41) is 20.7. The second kappa shape index (κ2) is 7.34. The summed E-state index contributed by atoms with van der Waals surface area (Å²) >= 11 is 0. The highest BCUT2D eigenvalue weighted by molar-refractivity contribution is 5.93. The molecule has 1 aliphatic heterocycles. The minimum absolute atomic E-state index is 0.348. The first-order valence-electron chi connectivity index (χ1n) is 6.74. The lowest BCUT2D eigenvalue weighted by molar-refractivity contribution is -0.141. The Hall–Kier alpha value is -1.71. The summed E-state index contributed by atoms with van der Waals surface area (Å²) in [5.41, 5.74) is 10.6. The molecule has 1 fully saturated rings. The lowest BCUT2D eigenvalue weighted by Crippen LogP contribution is -2.57. The van der Waals surface area contributed by atoms with Crippen LogP contribution in [0.25, 0.3) is 0 Å². The zero-order valence-corrected chi connectivity index (χ0v) is 11.9. The minimum atomic E-state index is -1.22. The molecule has 1 rings (SSSR count). The van der Waals surface area contributed by atoms with Gasteiger partial charge >= 0.3 is 0 Å². The first-order chi connectivity index (χ1) is 9.79. The fourth-order valence-corrected chi connectivity index (χ4v) is 2.27. The van der Waals surface area contributed by atoms with Gasteiger partial charge in [-0.05, 0) is 19.8 Å². The molecule has 120 valence electrons. The Balaban J connectivity index is 2.76. The molecule has 21 heavy (non-hydrogen) atoms. The Bertz CT molecular complexity index is 414. The third-order valence-corrected chi connectivity index (χ3v) is 3.44. The van der Waals surface area contributed by atoms with Crippen LogP contribution in [0.15, 0.2) is 0 Å². The molecule has 1 saturated heterocycles. The van der Waals surface area contributed by atoms with Crippen LogP contribution in [0.3, 0.4) is 0 Å². The van der Waals surface area contributed by atoms with Gasteiger partial charge in [-0.25, -0.2) is 0 Å². The molecule has 0 radical (unpaired) electrons. The van der Waals surface area contributed by atoms with E-state index in [0.29, 0.717) is 19.4 Å². The first-order valence-corrected chi connectivity index (χ1v) is 6.74. The van der Waals surface area contributed by atoms with E-state index in [9.17, 15) is 19.5 Å².